The molecule has 8 nitrogen and oxygen atoms in total. The van der Waals surface area contributed by atoms with Crippen LogP contribution in [0, 0.1) is 0 Å². The topological polar surface area (TPSA) is 156 Å². The average Bonchev–Trinajstić information content (AvgIpc) is 2.54. The Kier molecular flexibility index (Phi) is 23.3. The lowest BCUT2D eigenvalue weighted by atomic mass is 10.4. The highest BCUT2D eigenvalue weighted by Gasteiger charge is 1.94. The lowest BCUT2D eigenvalue weighted by molar-refractivity contribution is 0.0450. The molecule has 1 rings (SSSR count). The second-order valence-corrected chi connectivity index (χ2v) is 7.24. The Balaban J connectivity index is -0.000000233. The van der Waals surface area contributed by atoms with Crippen molar-refractivity contribution in [3.63, 3.8) is 0 Å². The van der Waals surface area contributed by atoms with Crippen LogP contribution in [0.5, 0.6) is 0 Å². The molecule has 0 atom stereocenters. The van der Waals surface area contributed by atoms with Gasteiger partial charge in [0.15, 0.2) is 0 Å². The van der Waals surface area contributed by atoms with Gasteiger partial charge < -0.3 is 30.6 Å². The van der Waals surface area contributed by atoms with E-state index < -0.39 is 20.5 Å². The maximum atomic E-state index is 9.16. The van der Waals surface area contributed by atoms with Crippen LogP contribution in [0.25, 0.3) is 0 Å². The first-order valence-electron chi connectivity index (χ1n) is 6.06. The highest BCUT2D eigenvalue weighted by atomic mass is 36.0. The first kappa shape index (κ1) is 27.4. The van der Waals surface area contributed by atoms with E-state index in [2.05, 4.69) is 21.4 Å². The Bertz CT molecular complexity index is 366. The van der Waals surface area contributed by atoms with Crippen molar-refractivity contribution in [1.29, 1.82) is 0 Å². The van der Waals surface area contributed by atoms with Crippen molar-refractivity contribution in [2.75, 3.05) is 26.4 Å². The molecule has 6 N–H and O–H groups in total. The van der Waals surface area contributed by atoms with Gasteiger partial charge in [0, 0.05) is 21.4 Å². The van der Waals surface area contributed by atoms with Crippen LogP contribution < -0.4 is 0 Å². The van der Waals surface area contributed by atoms with Crippen LogP contribution in [-0.4, -0.2) is 77.7 Å². The maximum absolute atomic E-state index is 9.16. The lowest BCUT2D eigenvalue weighted by Gasteiger charge is -1.96. The molecule has 1 aromatic rings. The summed E-state index contributed by atoms with van der Waals surface area (Å²) in [5.41, 5.74) is 0. The van der Waals surface area contributed by atoms with Crippen LogP contribution in [0.3, 0.4) is 0 Å². The predicted octanol–water partition coefficient (Wildman–Crippen LogP) is -0.941. The number of halogens is 2. The zero-order valence-electron chi connectivity index (χ0n) is 12.1. The van der Waals surface area contributed by atoms with Gasteiger partial charge in [-0.1, -0.05) is 36.4 Å². The van der Waals surface area contributed by atoms with Gasteiger partial charge in [-0.25, -0.2) is 0 Å². The molecular formula is C12H22Cl2O8S. The minimum absolute atomic E-state index is 0.365. The molecule has 0 unspecified atom stereocenters. The van der Waals surface area contributed by atoms with Gasteiger partial charge in [-0.3, -0.25) is 0 Å². The fourth-order valence-corrected chi connectivity index (χ4v) is 0.500. The predicted molar refractivity (Wildman–Crippen MR) is 87.4 cm³/mol. The molecular weight excluding hydrogens is 375 g/mol. The minimum Gasteiger partial charge on any atom is -0.394 e. The molecule has 0 saturated heterocycles. The summed E-state index contributed by atoms with van der Waals surface area (Å²) in [6.45, 7) is -1.46. The van der Waals surface area contributed by atoms with Crippen LogP contribution in [0.15, 0.2) is 36.4 Å². The zero-order chi connectivity index (χ0) is 18.7. The largest absolute Gasteiger partial charge is 0.394 e. The second kappa shape index (κ2) is 19.6. The molecule has 0 heterocycles. The molecule has 0 saturated carbocycles. The standard InChI is InChI=1S/C6H6.2C3H8O3.Cl2O2S/c1-2-4-6-5-3-1;2*4-1-3(6)2-5;1-5(2,3)4/h1-6H;2*3-6H,1-2H2;. The second-order valence-electron chi connectivity index (χ2n) is 3.57. The molecule has 0 bridgehead atoms. The van der Waals surface area contributed by atoms with Crippen molar-refractivity contribution in [1.82, 2.24) is 0 Å². The minimum atomic E-state index is -3.72. The third-order valence-electron chi connectivity index (χ3n) is 1.51. The monoisotopic (exact) mass is 396 g/mol. The summed E-state index contributed by atoms with van der Waals surface area (Å²) >= 11 is 0. The summed E-state index contributed by atoms with van der Waals surface area (Å²) < 4.78 is 18.3. The van der Waals surface area contributed by atoms with Crippen LogP contribution in [0.4, 0.5) is 0 Å². The lowest BCUT2D eigenvalue weighted by Crippen LogP contribution is -2.15. The van der Waals surface area contributed by atoms with Crippen LogP contribution in [0.1, 0.15) is 0 Å². The number of benzene rings is 1. The van der Waals surface area contributed by atoms with E-state index in [1.165, 1.54) is 0 Å². The van der Waals surface area contributed by atoms with Gasteiger partial charge in [0.1, 0.15) is 12.2 Å². The number of hydrogen-bond donors (Lipinski definition) is 6. The Morgan fingerprint density at radius 2 is 0.783 bits per heavy atom. The summed E-state index contributed by atoms with van der Waals surface area (Å²) in [6, 6.07) is 12.0. The molecule has 0 aliphatic heterocycles. The molecule has 0 radical (unpaired) electrons. The number of rotatable bonds is 4. The quantitative estimate of drug-likeness (QED) is 0.356. The normalized spacial score (nSPS) is 9.83. The third-order valence-corrected chi connectivity index (χ3v) is 1.51. The van der Waals surface area contributed by atoms with Gasteiger partial charge in [-0.15, -0.1) is 0 Å². The Morgan fingerprint density at radius 3 is 0.826 bits per heavy atom. The Morgan fingerprint density at radius 1 is 0.652 bits per heavy atom. The molecule has 0 spiro atoms. The van der Waals surface area contributed by atoms with Crippen molar-refractivity contribution in [2.45, 2.75) is 12.2 Å². The van der Waals surface area contributed by atoms with Crippen LogP contribution in [-0.2, 0) is 8.26 Å². The molecule has 0 aliphatic carbocycles. The summed E-state index contributed by atoms with van der Waals surface area (Å²) in [5, 5.41) is 48.0. The molecule has 0 fully saturated rings. The molecule has 0 amide bonds. The van der Waals surface area contributed by atoms with E-state index in [0.29, 0.717) is 0 Å². The summed E-state index contributed by atoms with van der Waals surface area (Å²) in [4.78, 5) is 0. The highest BCUT2D eigenvalue weighted by molar-refractivity contribution is 8.31. The first-order chi connectivity index (χ1) is 10.6. The van der Waals surface area contributed by atoms with Crippen molar-refractivity contribution in [2.24, 2.45) is 0 Å². The van der Waals surface area contributed by atoms with E-state index in [1.807, 2.05) is 36.4 Å². The van der Waals surface area contributed by atoms with Gasteiger partial charge in [0.25, 0.3) is 0 Å². The average molecular weight is 397 g/mol. The zero-order valence-corrected chi connectivity index (χ0v) is 14.4. The smallest absolute Gasteiger partial charge is 0.317 e. The van der Waals surface area contributed by atoms with E-state index >= 15 is 0 Å². The van der Waals surface area contributed by atoms with Gasteiger partial charge in [0.2, 0.25) is 0 Å². The van der Waals surface area contributed by atoms with Gasteiger partial charge in [-0.05, 0) is 0 Å². The molecule has 0 aromatic heterocycles. The van der Waals surface area contributed by atoms with Crippen molar-refractivity contribution >= 4 is 29.6 Å². The van der Waals surface area contributed by atoms with Crippen molar-refractivity contribution < 1.29 is 39.1 Å². The number of hydrogen-bond acceptors (Lipinski definition) is 8. The molecule has 23 heavy (non-hydrogen) atoms. The van der Waals surface area contributed by atoms with E-state index in [-0.39, 0.29) is 26.4 Å². The fourth-order valence-electron chi connectivity index (χ4n) is 0.500. The summed E-state index contributed by atoms with van der Waals surface area (Å²) in [5.74, 6) is 0. The molecule has 0 aliphatic rings. The fraction of sp³-hybridized carbons (Fsp3) is 0.500. The number of aliphatic hydroxyl groups is 6. The van der Waals surface area contributed by atoms with E-state index in [4.69, 9.17) is 39.1 Å². The maximum Gasteiger partial charge on any atom is 0.317 e. The first-order valence-corrected chi connectivity index (χ1v) is 9.19. The number of aliphatic hydroxyl groups excluding tert-OH is 6. The summed E-state index contributed by atoms with van der Waals surface area (Å²) in [7, 11) is 4.81. The molecule has 11 heteroatoms. The van der Waals surface area contributed by atoms with Crippen LogP contribution >= 0.6 is 21.4 Å². The molecule has 1 aromatic carbocycles. The van der Waals surface area contributed by atoms with Gasteiger partial charge in [0.05, 0.1) is 26.4 Å². The SMILES string of the molecule is O=S(=O)(Cl)Cl.OCC(O)CO.OCC(O)CO.c1ccccc1. The van der Waals surface area contributed by atoms with Gasteiger partial charge in [-0.2, -0.15) is 8.42 Å². The molecule has 138 valence electrons. The van der Waals surface area contributed by atoms with E-state index in [1.54, 1.807) is 0 Å². The third kappa shape index (κ3) is 44.9. The van der Waals surface area contributed by atoms with Crippen molar-refractivity contribution in [3.05, 3.63) is 36.4 Å². The van der Waals surface area contributed by atoms with E-state index in [0.717, 1.165) is 0 Å². The highest BCUT2D eigenvalue weighted by Crippen LogP contribution is 1.98. The van der Waals surface area contributed by atoms with E-state index in [9.17, 15) is 0 Å². The summed E-state index contributed by atoms with van der Waals surface area (Å²) in [6.07, 6.45) is -1.91. The van der Waals surface area contributed by atoms with Gasteiger partial charge >= 0.3 is 8.26 Å². The Hall–Kier alpha value is -0.490. The Labute approximate surface area is 144 Å². The van der Waals surface area contributed by atoms with Crippen molar-refractivity contribution in [3.8, 4) is 0 Å². The van der Waals surface area contributed by atoms with Crippen LogP contribution in [0.2, 0.25) is 0 Å².